The molecule has 0 amide bonds. The average Bonchev–Trinajstić information content (AvgIpc) is 2.43. The van der Waals surface area contributed by atoms with Gasteiger partial charge in [0.1, 0.15) is 0 Å². The summed E-state index contributed by atoms with van der Waals surface area (Å²) < 4.78 is 0. The Morgan fingerprint density at radius 3 is 2.47 bits per heavy atom. The van der Waals surface area contributed by atoms with Crippen molar-refractivity contribution in [1.29, 1.82) is 0 Å². The molecule has 0 aliphatic heterocycles. The monoisotopic (exact) mass is 262 g/mol. The molecule has 0 saturated carbocycles. The maximum absolute atomic E-state index is 3.63. The van der Waals surface area contributed by atoms with Crippen molar-refractivity contribution in [1.82, 2.24) is 10.2 Å². The lowest BCUT2D eigenvalue weighted by Crippen LogP contribution is -2.29. The molecule has 1 unspecified atom stereocenters. The standard InChI is InChI=1S/C17H30N2/c1-5-19(6-2)13-9-11-16(4)18-14-17-12-8-7-10-15(17)3/h7-8,10,12,16,18H,5-6,9,11,13-14H2,1-4H3. The van der Waals surface area contributed by atoms with Crippen molar-refractivity contribution < 1.29 is 0 Å². The van der Waals surface area contributed by atoms with E-state index in [0.29, 0.717) is 6.04 Å². The number of hydrogen-bond acceptors (Lipinski definition) is 2. The molecule has 2 nitrogen and oxygen atoms in total. The molecule has 0 saturated heterocycles. The fourth-order valence-corrected chi connectivity index (χ4v) is 2.36. The molecule has 1 aromatic carbocycles. The van der Waals surface area contributed by atoms with Crippen LogP contribution in [-0.2, 0) is 6.54 Å². The molecule has 1 rings (SSSR count). The third-order valence-electron chi connectivity index (χ3n) is 3.91. The molecule has 0 radical (unpaired) electrons. The summed E-state index contributed by atoms with van der Waals surface area (Å²) >= 11 is 0. The van der Waals surface area contributed by atoms with Crippen molar-refractivity contribution in [3.8, 4) is 0 Å². The van der Waals surface area contributed by atoms with Gasteiger partial charge in [0.2, 0.25) is 0 Å². The molecule has 1 atom stereocenters. The Bertz CT molecular complexity index is 345. The molecule has 0 bridgehead atoms. The van der Waals surface area contributed by atoms with Crippen molar-refractivity contribution in [2.24, 2.45) is 0 Å². The van der Waals surface area contributed by atoms with E-state index in [1.807, 2.05) is 0 Å². The molecule has 0 aromatic heterocycles. The summed E-state index contributed by atoms with van der Waals surface area (Å²) in [5.41, 5.74) is 2.79. The smallest absolute Gasteiger partial charge is 0.0210 e. The van der Waals surface area contributed by atoms with Crippen molar-refractivity contribution >= 4 is 0 Å². The normalized spacial score (nSPS) is 12.9. The molecule has 1 aromatic rings. The first-order valence-electron chi connectivity index (χ1n) is 7.67. The van der Waals surface area contributed by atoms with Crippen molar-refractivity contribution in [2.75, 3.05) is 19.6 Å². The molecular formula is C17H30N2. The Morgan fingerprint density at radius 2 is 1.84 bits per heavy atom. The van der Waals surface area contributed by atoms with E-state index in [4.69, 9.17) is 0 Å². The zero-order valence-electron chi connectivity index (χ0n) is 13.1. The van der Waals surface area contributed by atoms with Gasteiger partial charge in [0, 0.05) is 12.6 Å². The van der Waals surface area contributed by atoms with Crippen molar-refractivity contribution in [3.63, 3.8) is 0 Å². The summed E-state index contributed by atoms with van der Waals surface area (Å²) in [6.45, 7) is 13.5. The van der Waals surface area contributed by atoms with E-state index >= 15 is 0 Å². The van der Waals surface area contributed by atoms with Crippen LogP contribution in [0.1, 0.15) is 44.7 Å². The van der Waals surface area contributed by atoms with E-state index < -0.39 is 0 Å². The van der Waals surface area contributed by atoms with E-state index in [9.17, 15) is 0 Å². The molecule has 108 valence electrons. The minimum atomic E-state index is 0.593. The zero-order valence-corrected chi connectivity index (χ0v) is 13.1. The predicted octanol–water partition coefficient (Wildman–Crippen LogP) is 3.60. The first-order chi connectivity index (χ1) is 9.17. The van der Waals surface area contributed by atoms with Gasteiger partial charge in [0.05, 0.1) is 0 Å². The molecule has 1 N–H and O–H groups in total. The number of rotatable bonds is 9. The quantitative estimate of drug-likeness (QED) is 0.731. The molecule has 2 heteroatoms. The summed E-state index contributed by atoms with van der Waals surface area (Å²) in [7, 11) is 0. The third-order valence-corrected chi connectivity index (χ3v) is 3.91. The van der Waals surface area contributed by atoms with Gasteiger partial charge in [-0.25, -0.2) is 0 Å². The van der Waals surface area contributed by atoms with Crippen LogP contribution in [0.3, 0.4) is 0 Å². The van der Waals surface area contributed by atoms with Gasteiger partial charge < -0.3 is 10.2 Å². The largest absolute Gasteiger partial charge is 0.310 e. The van der Waals surface area contributed by atoms with Gasteiger partial charge >= 0.3 is 0 Å². The Labute approximate surface area is 119 Å². The van der Waals surface area contributed by atoms with Crippen LogP contribution in [-0.4, -0.2) is 30.6 Å². The van der Waals surface area contributed by atoms with Crippen LogP contribution in [0.5, 0.6) is 0 Å². The number of benzene rings is 1. The summed E-state index contributed by atoms with van der Waals surface area (Å²) in [6, 6.07) is 9.21. The maximum atomic E-state index is 3.63. The average molecular weight is 262 g/mol. The van der Waals surface area contributed by atoms with Crippen LogP contribution in [0.2, 0.25) is 0 Å². The van der Waals surface area contributed by atoms with Crippen LogP contribution in [0, 0.1) is 6.92 Å². The molecule has 0 spiro atoms. The van der Waals surface area contributed by atoms with E-state index in [1.165, 1.54) is 43.6 Å². The highest BCUT2D eigenvalue weighted by Crippen LogP contribution is 2.07. The SMILES string of the molecule is CCN(CC)CCCC(C)NCc1ccccc1C. The fourth-order valence-electron chi connectivity index (χ4n) is 2.36. The van der Waals surface area contributed by atoms with E-state index in [1.54, 1.807) is 0 Å². The predicted molar refractivity (Wildman–Crippen MR) is 84.5 cm³/mol. The van der Waals surface area contributed by atoms with E-state index in [2.05, 4.69) is 62.2 Å². The molecule has 19 heavy (non-hydrogen) atoms. The van der Waals surface area contributed by atoms with E-state index in [-0.39, 0.29) is 0 Å². The lowest BCUT2D eigenvalue weighted by atomic mass is 10.1. The Kier molecular flexibility index (Phi) is 7.76. The Balaban J connectivity index is 2.21. The molecule has 0 aliphatic rings. The van der Waals surface area contributed by atoms with Gasteiger partial charge in [-0.3, -0.25) is 0 Å². The lowest BCUT2D eigenvalue weighted by Gasteiger charge is -2.20. The second-order valence-electron chi connectivity index (χ2n) is 5.38. The van der Waals surface area contributed by atoms with Crippen LogP contribution >= 0.6 is 0 Å². The Morgan fingerprint density at radius 1 is 1.16 bits per heavy atom. The maximum Gasteiger partial charge on any atom is 0.0210 e. The van der Waals surface area contributed by atoms with Crippen LogP contribution < -0.4 is 5.32 Å². The second-order valence-corrected chi connectivity index (χ2v) is 5.38. The minimum absolute atomic E-state index is 0.593. The highest BCUT2D eigenvalue weighted by molar-refractivity contribution is 5.25. The lowest BCUT2D eigenvalue weighted by molar-refractivity contribution is 0.290. The second kappa shape index (κ2) is 9.11. The zero-order chi connectivity index (χ0) is 14.1. The minimum Gasteiger partial charge on any atom is -0.310 e. The van der Waals surface area contributed by atoms with Crippen molar-refractivity contribution in [2.45, 2.75) is 53.1 Å². The van der Waals surface area contributed by atoms with Gasteiger partial charge in [-0.2, -0.15) is 0 Å². The molecule has 0 fully saturated rings. The number of nitrogens with zero attached hydrogens (tertiary/aromatic N) is 1. The fraction of sp³-hybridized carbons (Fsp3) is 0.647. The third kappa shape index (κ3) is 6.22. The van der Waals surface area contributed by atoms with Gasteiger partial charge in [-0.1, -0.05) is 38.1 Å². The highest BCUT2D eigenvalue weighted by Gasteiger charge is 2.04. The highest BCUT2D eigenvalue weighted by atomic mass is 15.1. The van der Waals surface area contributed by atoms with Crippen LogP contribution in [0.4, 0.5) is 0 Å². The molecular weight excluding hydrogens is 232 g/mol. The molecule has 0 heterocycles. The summed E-state index contributed by atoms with van der Waals surface area (Å²) in [5, 5.41) is 3.63. The molecule has 0 aliphatic carbocycles. The number of nitrogens with one attached hydrogen (secondary N) is 1. The number of aryl methyl sites for hydroxylation is 1. The van der Waals surface area contributed by atoms with Crippen LogP contribution in [0.25, 0.3) is 0 Å². The first kappa shape index (κ1) is 16.2. The van der Waals surface area contributed by atoms with Crippen LogP contribution in [0.15, 0.2) is 24.3 Å². The number of hydrogen-bond donors (Lipinski definition) is 1. The summed E-state index contributed by atoms with van der Waals surface area (Å²) in [6.07, 6.45) is 2.53. The van der Waals surface area contributed by atoms with Gasteiger partial charge in [0.25, 0.3) is 0 Å². The topological polar surface area (TPSA) is 15.3 Å². The summed E-state index contributed by atoms with van der Waals surface area (Å²) in [4.78, 5) is 2.49. The van der Waals surface area contributed by atoms with Gasteiger partial charge in [-0.15, -0.1) is 0 Å². The van der Waals surface area contributed by atoms with Gasteiger partial charge in [-0.05, 0) is 57.5 Å². The van der Waals surface area contributed by atoms with Crippen molar-refractivity contribution in [3.05, 3.63) is 35.4 Å². The van der Waals surface area contributed by atoms with E-state index in [0.717, 1.165) is 6.54 Å². The Hall–Kier alpha value is -0.860. The summed E-state index contributed by atoms with van der Waals surface area (Å²) in [5.74, 6) is 0. The van der Waals surface area contributed by atoms with Gasteiger partial charge in [0.15, 0.2) is 0 Å². The first-order valence-corrected chi connectivity index (χ1v) is 7.67.